The molecule has 3 rings (SSSR count). The maximum absolute atomic E-state index is 12.7. The van der Waals surface area contributed by atoms with E-state index in [4.69, 9.17) is 5.11 Å². The molecule has 29 heavy (non-hydrogen) atoms. The van der Waals surface area contributed by atoms with Crippen LogP contribution in [0.3, 0.4) is 0 Å². The molecule has 0 radical (unpaired) electrons. The Morgan fingerprint density at radius 3 is 2.21 bits per heavy atom. The molecule has 1 amide bonds. The first-order valence-electron chi connectivity index (χ1n) is 10.9. The van der Waals surface area contributed by atoms with Crippen molar-refractivity contribution >= 4 is 23.3 Å². The Balaban J connectivity index is 1.74. The highest BCUT2D eigenvalue weighted by Crippen LogP contribution is 2.34. The average molecular weight is 404 g/mol. The Kier molecular flexibility index (Phi) is 7.61. The largest absolute Gasteiger partial charge is 0.507 e. The van der Waals surface area contributed by atoms with E-state index in [-0.39, 0.29) is 30.2 Å². The molecule has 0 bridgehead atoms. The number of aromatic hydroxyl groups is 1. The van der Waals surface area contributed by atoms with E-state index in [9.17, 15) is 14.7 Å². The zero-order chi connectivity index (χ0) is 20.6. The molecule has 2 fully saturated rings. The summed E-state index contributed by atoms with van der Waals surface area (Å²) in [7, 11) is 0. The molecule has 0 heterocycles. The van der Waals surface area contributed by atoms with Crippen molar-refractivity contribution < 1.29 is 19.8 Å². The van der Waals surface area contributed by atoms with E-state index in [1.165, 1.54) is 32.1 Å². The second kappa shape index (κ2) is 10.4. The monoisotopic (exact) mass is 403 g/mol. The molecule has 0 atom stereocenters. The van der Waals surface area contributed by atoms with Gasteiger partial charge in [-0.15, -0.1) is 0 Å². The van der Waals surface area contributed by atoms with Gasteiger partial charge in [0, 0.05) is 36.8 Å². The third-order valence-corrected chi connectivity index (χ3v) is 5.89. The number of phenolic OH excluding ortho intramolecular Hbond substituents is 1. The lowest BCUT2D eigenvalue weighted by molar-refractivity contribution is -0.137. The number of benzene rings is 1. The first-order valence-corrected chi connectivity index (χ1v) is 10.9. The van der Waals surface area contributed by atoms with Gasteiger partial charge in [0.15, 0.2) is 0 Å². The first kappa shape index (κ1) is 21.3. The number of carboxylic acid groups (broad SMARTS) is 1. The SMILES string of the molecule is O=C(O)CCCNC(=O)c1c(O)cc(NC2CCCCC2)cc1NC1CCCC1. The molecular weight excluding hydrogens is 370 g/mol. The maximum Gasteiger partial charge on any atom is 0.303 e. The molecule has 0 saturated heterocycles. The van der Waals surface area contributed by atoms with E-state index in [0.29, 0.717) is 24.2 Å². The fraction of sp³-hybridized carbons (Fsp3) is 0.636. The number of aliphatic carboxylic acids is 1. The Hall–Kier alpha value is -2.44. The summed E-state index contributed by atoms with van der Waals surface area (Å²) >= 11 is 0. The van der Waals surface area contributed by atoms with Crippen LogP contribution in [0.2, 0.25) is 0 Å². The predicted molar refractivity (Wildman–Crippen MR) is 114 cm³/mol. The summed E-state index contributed by atoms with van der Waals surface area (Å²) in [5, 5.41) is 29.1. The fourth-order valence-electron chi connectivity index (χ4n) is 4.37. The number of hydrogen-bond acceptors (Lipinski definition) is 5. The molecule has 160 valence electrons. The molecule has 0 spiro atoms. The van der Waals surface area contributed by atoms with E-state index in [2.05, 4.69) is 16.0 Å². The van der Waals surface area contributed by atoms with Crippen molar-refractivity contribution in [1.29, 1.82) is 0 Å². The van der Waals surface area contributed by atoms with Crippen molar-refractivity contribution in [1.82, 2.24) is 5.32 Å². The number of phenols is 1. The van der Waals surface area contributed by atoms with Crippen LogP contribution in [-0.4, -0.2) is 40.7 Å². The smallest absolute Gasteiger partial charge is 0.303 e. The topological polar surface area (TPSA) is 111 Å². The van der Waals surface area contributed by atoms with Gasteiger partial charge in [0.2, 0.25) is 0 Å². The lowest BCUT2D eigenvalue weighted by Gasteiger charge is -2.25. The van der Waals surface area contributed by atoms with Crippen molar-refractivity contribution in [3.8, 4) is 5.75 Å². The van der Waals surface area contributed by atoms with E-state index >= 15 is 0 Å². The van der Waals surface area contributed by atoms with Gasteiger partial charge in [-0.2, -0.15) is 0 Å². The van der Waals surface area contributed by atoms with Gasteiger partial charge in [-0.1, -0.05) is 32.1 Å². The lowest BCUT2D eigenvalue weighted by Crippen LogP contribution is -2.27. The zero-order valence-corrected chi connectivity index (χ0v) is 17.0. The minimum atomic E-state index is -0.885. The number of carbonyl (C=O) groups is 2. The Morgan fingerprint density at radius 2 is 1.55 bits per heavy atom. The molecule has 7 nitrogen and oxygen atoms in total. The molecule has 7 heteroatoms. The van der Waals surface area contributed by atoms with Crippen molar-refractivity contribution in [3.05, 3.63) is 17.7 Å². The standard InChI is InChI=1S/C22H33N3O4/c26-19-14-17(24-15-7-2-1-3-8-15)13-18(25-16-9-4-5-10-16)21(19)22(29)23-12-6-11-20(27)28/h13-16,24-26H,1-12H2,(H,23,29)(H,27,28). The molecule has 0 unspecified atom stereocenters. The van der Waals surface area contributed by atoms with E-state index in [0.717, 1.165) is 31.4 Å². The van der Waals surface area contributed by atoms with Crippen LogP contribution in [0.5, 0.6) is 5.75 Å². The van der Waals surface area contributed by atoms with Gasteiger partial charge in [-0.25, -0.2) is 0 Å². The summed E-state index contributed by atoms with van der Waals surface area (Å²) in [6, 6.07) is 4.26. The van der Waals surface area contributed by atoms with E-state index < -0.39 is 5.97 Å². The van der Waals surface area contributed by atoms with Gasteiger partial charge in [-0.05, 0) is 38.2 Å². The minimum Gasteiger partial charge on any atom is -0.507 e. The molecule has 1 aromatic rings. The summed E-state index contributed by atoms with van der Waals surface area (Å²) in [6.45, 7) is 0.259. The average Bonchev–Trinajstić information content (AvgIpc) is 3.18. The molecule has 0 aromatic heterocycles. The van der Waals surface area contributed by atoms with Crippen LogP contribution in [0.25, 0.3) is 0 Å². The highest BCUT2D eigenvalue weighted by atomic mass is 16.4. The van der Waals surface area contributed by atoms with Gasteiger partial charge in [0.1, 0.15) is 11.3 Å². The summed E-state index contributed by atoms with van der Waals surface area (Å²) < 4.78 is 0. The van der Waals surface area contributed by atoms with Crippen LogP contribution in [0, 0.1) is 0 Å². The number of hydrogen-bond donors (Lipinski definition) is 5. The van der Waals surface area contributed by atoms with Gasteiger partial charge in [0.25, 0.3) is 5.91 Å². The molecule has 1 aromatic carbocycles. The number of carbonyl (C=O) groups excluding carboxylic acids is 1. The predicted octanol–water partition coefficient (Wildman–Crippen LogP) is 4.09. The first-order chi connectivity index (χ1) is 14.0. The molecule has 0 aliphatic heterocycles. The molecule has 2 aliphatic rings. The van der Waals surface area contributed by atoms with Gasteiger partial charge < -0.3 is 26.2 Å². The summed E-state index contributed by atoms with van der Waals surface area (Å²) in [5.41, 5.74) is 1.71. The minimum absolute atomic E-state index is 0.00366. The highest BCUT2D eigenvalue weighted by molar-refractivity contribution is 6.03. The number of rotatable bonds is 9. The molecular formula is C22H33N3O4. The molecule has 2 aliphatic carbocycles. The quantitative estimate of drug-likeness (QED) is 0.397. The lowest BCUT2D eigenvalue weighted by atomic mass is 9.95. The summed E-state index contributed by atoms with van der Waals surface area (Å²) in [4.78, 5) is 23.4. The van der Waals surface area contributed by atoms with Crippen molar-refractivity contribution in [2.75, 3.05) is 17.2 Å². The van der Waals surface area contributed by atoms with Crippen LogP contribution >= 0.6 is 0 Å². The molecule has 2 saturated carbocycles. The Bertz CT molecular complexity index is 710. The Morgan fingerprint density at radius 1 is 0.931 bits per heavy atom. The maximum atomic E-state index is 12.7. The Labute approximate surface area is 172 Å². The van der Waals surface area contributed by atoms with Crippen molar-refractivity contribution in [3.63, 3.8) is 0 Å². The number of amides is 1. The van der Waals surface area contributed by atoms with Gasteiger partial charge >= 0.3 is 5.97 Å². The highest BCUT2D eigenvalue weighted by Gasteiger charge is 2.23. The van der Waals surface area contributed by atoms with Crippen molar-refractivity contribution in [2.45, 2.75) is 82.7 Å². The number of nitrogens with one attached hydrogen (secondary N) is 3. The third kappa shape index (κ3) is 6.27. The van der Waals surface area contributed by atoms with E-state index in [1.54, 1.807) is 6.07 Å². The third-order valence-electron chi connectivity index (χ3n) is 5.89. The van der Waals surface area contributed by atoms with Crippen molar-refractivity contribution in [2.24, 2.45) is 0 Å². The van der Waals surface area contributed by atoms with Gasteiger partial charge in [-0.3, -0.25) is 9.59 Å². The second-order valence-corrected chi connectivity index (χ2v) is 8.28. The zero-order valence-electron chi connectivity index (χ0n) is 17.0. The molecule has 5 N–H and O–H groups in total. The van der Waals surface area contributed by atoms with Crippen LogP contribution < -0.4 is 16.0 Å². The second-order valence-electron chi connectivity index (χ2n) is 8.28. The van der Waals surface area contributed by atoms with E-state index in [1.807, 2.05) is 6.07 Å². The summed E-state index contributed by atoms with van der Waals surface area (Å²) in [5.74, 6) is -1.32. The van der Waals surface area contributed by atoms with Crippen LogP contribution in [0.4, 0.5) is 11.4 Å². The van der Waals surface area contributed by atoms with Crippen LogP contribution in [-0.2, 0) is 4.79 Å². The van der Waals surface area contributed by atoms with Gasteiger partial charge in [0.05, 0.1) is 5.69 Å². The normalized spacial score (nSPS) is 17.8. The summed E-state index contributed by atoms with van der Waals surface area (Å²) in [6.07, 6.45) is 10.8. The van der Waals surface area contributed by atoms with Crippen LogP contribution in [0.15, 0.2) is 12.1 Å². The van der Waals surface area contributed by atoms with Crippen LogP contribution in [0.1, 0.15) is 81.0 Å². The number of carboxylic acids is 1. The fourth-order valence-corrected chi connectivity index (χ4v) is 4.37. The number of anilines is 2.